The van der Waals surface area contributed by atoms with Crippen molar-refractivity contribution in [2.24, 2.45) is 0 Å². The summed E-state index contributed by atoms with van der Waals surface area (Å²) in [6.45, 7) is 4.77. The van der Waals surface area contributed by atoms with Gasteiger partial charge in [-0.1, -0.05) is 66.7 Å². The fourth-order valence-electron chi connectivity index (χ4n) is 3.80. The summed E-state index contributed by atoms with van der Waals surface area (Å²) in [6, 6.07) is 27.5. The topological polar surface area (TPSA) is 52.0 Å². The van der Waals surface area contributed by atoms with Crippen molar-refractivity contribution in [3.05, 3.63) is 102 Å². The van der Waals surface area contributed by atoms with Crippen LogP contribution in [0.2, 0.25) is 0 Å². The van der Waals surface area contributed by atoms with Gasteiger partial charge in [0.2, 0.25) is 0 Å². The van der Waals surface area contributed by atoms with Crippen LogP contribution in [-0.4, -0.2) is 38.8 Å². The minimum atomic E-state index is -0.0910. The lowest BCUT2D eigenvalue weighted by atomic mass is 10.1. The SMILES string of the molecule is O=C(N[C@H](C[NH+]1CCOCC1)c1ccccc1)c1cccc(OCc2ccccc2)c1. The second-order valence-corrected chi connectivity index (χ2v) is 7.81. The van der Waals surface area contributed by atoms with Crippen molar-refractivity contribution < 1.29 is 19.2 Å². The standard InChI is InChI=1S/C26H28N2O3/c29-26(23-12-7-13-24(18-23)31-20-21-8-3-1-4-9-21)27-25(22-10-5-2-6-11-22)19-28-14-16-30-17-15-28/h1-13,18,25H,14-17,19-20H2,(H,27,29)/p+1/t25-/m1/s1. The van der Waals surface area contributed by atoms with Crippen LogP contribution in [0, 0.1) is 0 Å². The Morgan fingerprint density at radius 2 is 1.65 bits per heavy atom. The molecular weight excluding hydrogens is 388 g/mol. The number of carbonyl (C=O) groups is 1. The molecular formula is C26H29N2O3+. The molecule has 1 heterocycles. The van der Waals surface area contributed by atoms with Crippen LogP contribution in [0.15, 0.2) is 84.9 Å². The van der Waals surface area contributed by atoms with E-state index in [1.165, 1.54) is 4.90 Å². The van der Waals surface area contributed by atoms with Crippen LogP contribution in [0.25, 0.3) is 0 Å². The van der Waals surface area contributed by atoms with Crippen molar-refractivity contribution >= 4 is 5.91 Å². The molecule has 0 radical (unpaired) electrons. The first-order valence-corrected chi connectivity index (χ1v) is 10.8. The molecule has 1 aliphatic heterocycles. The first-order valence-electron chi connectivity index (χ1n) is 10.8. The van der Waals surface area contributed by atoms with Gasteiger partial charge in [0.05, 0.1) is 13.2 Å². The number of carbonyl (C=O) groups excluding carboxylic acids is 1. The molecule has 0 aromatic heterocycles. The van der Waals surface area contributed by atoms with E-state index in [1.54, 1.807) is 0 Å². The average molecular weight is 418 g/mol. The maximum atomic E-state index is 13.1. The first-order chi connectivity index (χ1) is 15.3. The van der Waals surface area contributed by atoms with Crippen LogP contribution in [0.3, 0.4) is 0 Å². The molecule has 160 valence electrons. The van der Waals surface area contributed by atoms with E-state index in [-0.39, 0.29) is 11.9 Å². The van der Waals surface area contributed by atoms with Crippen molar-refractivity contribution in [1.29, 1.82) is 0 Å². The molecule has 3 aromatic carbocycles. The van der Waals surface area contributed by atoms with Crippen LogP contribution < -0.4 is 15.0 Å². The molecule has 5 heteroatoms. The highest BCUT2D eigenvalue weighted by molar-refractivity contribution is 5.94. The maximum Gasteiger partial charge on any atom is 0.252 e. The van der Waals surface area contributed by atoms with Crippen molar-refractivity contribution in [1.82, 2.24) is 5.32 Å². The largest absolute Gasteiger partial charge is 0.489 e. The number of hydrogen-bond donors (Lipinski definition) is 2. The lowest BCUT2D eigenvalue weighted by Crippen LogP contribution is -3.14. The summed E-state index contributed by atoms with van der Waals surface area (Å²) in [5.74, 6) is 0.596. The number of benzene rings is 3. The molecule has 4 rings (SSSR count). The lowest BCUT2D eigenvalue weighted by molar-refractivity contribution is -0.909. The number of quaternary nitrogens is 1. The predicted molar refractivity (Wildman–Crippen MR) is 120 cm³/mol. The Balaban J connectivity index is 1.43. The van der Waals surface area contributed by atoms with Crippen LogP contribution in [0.5, 0.6) is 5.75 Å². The second-order valence-electron chi connectivity index (χ2n) is 7.81. The Labute approximate surface area is 183 Å². The van der Waals surface area contributed by atoms with Gasteiger partial charge in [0.25, 0.3) is 5.91 Å². The average Bonchev–Trinajstić information content (AvgIpc) is 2.84. The van der Waals surface area contributed by atoms with Gasteiger partial charge in [-0.2, -0.15) is 0 Å². The zero-order valence-electron chi connectivity index (χ0n) is 17.6. The van der Waals surface area contributed by atoms with Crippen molar-refractivity contribution in [2.45, 2.75) is 12.6 Å². The first kappa shape index (κ1) is 21.1. The molecule has 1 amide bonds. The third-order valence-electron chi connectivity index (χ3n) is 5.54. The summed E-state index contributed by atoms with van der Waals surface area (Å²) in [5.41, 5.74) is 2.81. The van der Waals surface area contributed by atoms with Crippen molar-refractivity contribution in [3.8, 4) is 5.75 Å². The normalized spacial score (nSPS) is 15.2. The Morgan fingerprint density at radius 1 is 0.935 bits per heavy atom. The molecule has 2 N–H and O–H groups in total. The van der Waals surface area contributed by atoms with E-state index in [4.69, 9.17) is 9.47 Å². The van der Waals surface area contributed by atoms with Crippen LogP contribution in [0.1, 0.15) is 27.5 Å². The maximum absolute atomic E-state index is 13.1. The molecule has 0 bridgehead atoms. The van der Waals surface area contributed by atoms with Gasteiger partial charge < -0.3 is 19.7 Å². The van der Waals surface area contributed by atoms with Crippen LogP contribution in [-0.2, 0) is 11.3 Å². The Bertz CT molecular complexity index is 957. The highest BCUT2D eigenvalue weighted by atomic mass is 16.5. The lowest BCUT2D eigenvalue weighted by Gasteiger charge is -2.28. The summed E-state index contributed by atoms with van der Waals surface area (Å²) in [7, 11) is 0. The molecule has 0 aliphatic carbocycles. The molecule has 3 aromatic rings. The summed E-state index contributed by atoms with van der Waals surface area (Å²) < 4.78 is 11.4. The zero-order valence-corrected chi connectivity index (χ0v) is 17.6. The number of amides is 1. The summed E-state index contributed by atoms with van der Waals surface area (Å²) in [6.07, 6.45) is 0. The minimum absolute atomic E-state index is 0.0595. The van der Waals surface area contributed by atoms with Gasteiger partial charge in [0, 0.05) is 5.56 Å². The molecule has 1 aliphatic rings. The van der Waals surface area contributed by atoms with E-state index in [0.717, 1.165) is 44.0 Å². The summed E-state index contributed by atoms with van der Waals surface area (Å²) in [4.78, 5) is 14.5. The van der Waals surface area contributed by atoms with E-state index in [0.29, 0.717) is 17.9 Å². The van der Waals surface area contributed by atoms with Crippen LogP contribution in [0.4, 0.5) is 0 Å². The van der Waals surface area contributed by atoms with Gasteiger partial charge in [0.1, 0.15) is 38.0 Å². The Hall–Kier alpha value is -3.15. The van der Waals surface area contributed by atoms with E-state index in [9.17, 15) is 4.79 Å². The van der Waals surface area contributed by atoms with Crippen molar-refractivity contribution in [2.75, 3.05) is 32.8 Å². The zero-order chi connectivity index (χ0) is 21.3. The molecule has 0 saturated carbocycles. The van der Waals surface area contributed by atoms with Gasteiger partial charge in [0.15, 0.2) is 0 Å². The number of nitrogens with one attached hydrogen (secondary N) is 2. The molecule has 1 fully saturated rings. The fraction of sp³-hybridized carbons (Fsp3) is 0.269. The van der Waals surface area contributed by atoms with E-state index < -0.39 is 0 Å². The fourth-order valence-corrected chi connectivity index (χ4v) is 3.80. The smallest absolute Gasteiger partial charge is 0.252 e. The molecule has 0 spiro atoms. The number of hydrogen-bond acceptors (Lipinski definition) is 3. The van der Waals surface area contributed by atoms with E-state index >= 15 is 0 Å². The Morgan fingerprint density at radius 3 is 2.39 bits per heavy atom. The van der Waals surface area contributed by atoms with Gasteiger partial charge in [-0.3, -0.25) is 4.79 Å². The third-order valence-corrected chi connectivity index (χ3v) is 5.54. The third kappa shape index (κ3) is 6.17. The van der Waals surface area contributed by atoms with Gasteiger partial charge in [-0.15, -0.1) is 0 Å². The molecule has 31 heavy (non-hydrogen) atoms. The highest BCUT2D eigenvalue weighted by Crippen LogP contribution is 2.17. The highest BCUT2D eigenvalue weighted by Gasteiger charge is 2.23. The predicted octanol–water partition coefficient (Wildman–Crippen LogP) is 2.65. The van der Waals surface area contributed by atoms with Crippen molar-refractivity contribution in [3.63, 3.8) is 0 Å². The molecule has 5 nitrogen and oxygen atoms in total. The van der Waals surface area contributed by atoms with E-state index in [2.05, 4.69) is 17.4 Å². The minimum Gasteiger partial charge on any atom is -0.489 e. The number of rotatable bonds is 8. The molecule has 1 saturated heterocycles. The quantitative estimate of drug-likeness (QED) is 0.593. The second kappa shape index (κ2) is 10.8. The summed E-state index contributed by atoms with van der Waals surface area (Å²) >= 11 is 0. The van der Waals surface area contributed by atoms with Gasteiger partial charge in [-0.25, -0.2) is 0 Å². The summed E-state index contributed by atoms with van der Waals surface area (Å²) in [5, 5.41) is 3.24. The number of morpholine rings is 1. The number of ether oxygens (including phenoxy) is 2. The van der Waals surface area contributed by atoms with E-state index in [1.807, 2.05) is 72.8 Å². The van der Waals surface area contributed by atoms with Gasteiger partial charge >= 0.3 is 0 Å². The molecule has 0 unspecified atom stereocenters. The monoisotopic (exact) mass is 417 g/mol. The Kier molecular flexibility index (Phi) is 7.32. The molecule has 1 atom stereocenters. The van der Waals surface area contributed by atoms with Gasteiger partial charge in [-0.05, 0) is 29.3 Å². The van der Waals surface area contributed by atoms with Crippen LogP contribution >= 0.6 is 0 Å².